The molecule has 1 saturated heterocycles. The lowest BCUT2D eigenvalue weighted by Gasteiger charge is -2.47. The van der Waals surface area contributed by atoms with Gasteiger partial charge in [-0.3, -0.25) is 0 Å². The van der Waals surface area contributed by atoms with Crippen LogP contribution in [0.4, 0.5) is 5.69 Å². The molecule has 0 aliphatic carbocycles. The van der Waals surface area contributed by atoms with Gasteiger partial charge in [0, 0.05) is 32.9 Å². The third kappa shape index (κ3) is 6.80. The summed E-state index contributed by atoms with van der Waals surface area (Å²) in [7, 11) is 4.17. The highest BCUT2D eigenvalue weighted by atomic mass is 16.5. The van der Waals surface area contributed by atoms with Crippen LogP contribution in [0, 0.1) is 11.3 Å². The molecular formula is C24H42N2O. The summed E-state index contributed by atoms with van der Waals surface area (Å²) in [5.74, 6) is 0.778. The van der Waals surface area contributed by atoms with Crippen molar-refractivity contribution in [1.82, 2.24) is 5.32 Å². The summed E-state index contributed by atoms with van der Waals surface area (Å²) in [6.45, 7) is 12.3. The van der Waals surface area contributed by atoms with Crippen molar-refractivity contribution in [2.24, 2.45) is 11.3 Å². The standard InChI is InChI=1S/C24H42N2O/c1-7-23(4)19-24(15-17-27-23,13-12-20(2)3)14-16-25-18-21-8-10-22(11-9-21)26(5)6/h8-11,20,25H,7,12-19H2,1-6H3/t23-,24-/m1/s1. The summed E-state index contributed by atoms with van der Waals surface area (Å²) >= 11 is 0. The fraction of sp³-hybridized carbons (Fsp3) is 0.750. The largest absolute Gasteiger partial charge is 0.378 e. The molecule has 0 aromatic heterocycles. The summed E-state index contributed by atoms with van der Waals surface area (Å²) < 4.78 is 6.16. The van der Waals surface area contributed by atoms with Crippen LogP contribution in [0.1, 0.15) is 71.8 Å². The molecule has 1 aromatic carbocycles. The van der Waals surface area contributed by atoms with Crippen molar-refractivity contribution in [3.8, 4) is 0 Å². The molecule has 1 fully saturated rings. The number of anilines is 1. The second-order valence-corrected chi connectivity index (χ2v) is 9.50. The minimum atomic E-state index is 0.0667. The summed E-state index contributed by atoms with van der Waals surface area (Å²) in [4.78, 5) is 2.14. The lowest BCUT2D eigenvalue weighted by molar-refractivity contribution is -0.122. The van der Waals surface area contributed by atoms with Gasteiger partial charge < -0.3 is 15.0 Å². The number of nitrogens with one attached hydrogen (secondary N) is 1. The Morgan fingerprint density at radius 1 is 1.15 bits per heavy atom. The Morgan fingerprint density at radius 2 is 1.85 bits per heavy atom. The first-order chi connectivity index (χ1) is 12.8. The van der Waals surface area contributed by atoms with E-state index in [4.69, 9.17) is 4.74 Å². The Morgan fingerprint density at radius 3 is 2.44 bits per heavy atom. The van der Waals surface area contributed by atoms with Gasteiger partial charge >= 0.3 is 0 Å². The maximum atomic E-state index is 6.16. The van der Waals surface area contributed by atoms with Crippen molar-refractivity contribution in [2.75, 3.05) is 32.1 Å². The zero-order valence-corrected chi connectivity index (χ0v) is 18.6. The molecule has 1 N–H and O–H groups in total. The van der Waals surface area contributed by atoms with E-state index in [1.807, 2.05) is 0 Å². The third-order valence-electron chi connectivity index (χ3n) is 6.45. The van der Waals surface area contributed by atoms with Crippen LogP contribution in [-0.2, 0) is 11.3 Å². The number of rotatable bonds is 10. The summed E-state index contributed by atoms with van der Waals surface area (Å²) in [5.41, 5.74) is 3.13. The van der Waals surface area contributed by atoms with Crippen molar-refractivity contribution >= 4 is 5.69 Å². The smallest absolute Gasteiger partial charge is 0.0657 e. The molecule has 3 nitrogen and oxygen atoms in total. The highest BCUT2D eigenvalue weighted by molar-refractivity contribution is 5.45. The van der Waals surface area contributed by atoms with Gasteiger partial charge in [0.05, 0.1) is 5.60 Å². The Balaban J connectivity index is 1.89. The van der Waals surface area contributed by atoms with Crippen LogP contribution in [0.15, 0.2) is 24.3 Å². The SMILES string of the molecule is CC[C@]1(C)C[C@@](CCNCc2ccc(N(C)C)cc2)(CCC(C)C)CCO1. The average molecular weight is 375 g/mol. The maximum Gasteiger partial charge on any atom is 0.0657 e. The number of nitrogens with zero attached hydrogens (tertiary/aromatic N) is 1. The van der Waals surface area contributed by atoms with E-state index in [1.54, 1.807) is 0 Å². The Hall–Kier alpha value is -1.06. The lowest BCUT2D eigenvalue weighted by atomic mass is 9.67. The second kappa shape index (κ2) is 9.93. The number of hydrogen-bond acceptors (Lipinski definition) is 3. The molecule has 0 radical (unpaired) electrons. The first-order valence-electron chi connectivity index (χ1n) is 10.9. The van der Waals surface area contributed by atoms with E-state index in [9.17, 15) is 0 Å². The highest BCUT2D eigenvalue weighted by Crippen LogP contribution is 2.46. The van der Waals surface area contributed by atoms with Crippen molar-refractivity contribution in [2.45, 2.75) is 78.4 Å². The van der Waals surface area contributed by atoms with Crippen molar-refractivity contribution < 1.29 is 4.74 Å². The molecule has 27 heavy (non-hydrogen) atoms. The summed E-state index contributed by atoms with van der Waals surface area (Å²) in [5, 5.41) is 3.70. The molecule has 0 saturated carbocycles. The van der Waals surface area contributed by atoms with Gasteiger partial charge in [-0.15, -0.1) is 0 Å². The van der Waals surface area contributed by atoms with Crippen LogP contribution in [0.3, 0.4) is 0 Å². The van der Waals surface area contributed by atoms with E-state index < -0.39 is 0 Å². The molecule has 0 unspecified atom stereocenters. The Kier molecular flexibility index (Phi) is 8.18. The van der Waals surface area contributed by atoms with Gasteiger partial charge in [0.1, 0.15) is 0 Å². The van der Waals surface area contributed by atoms with Crippen LogP contribution in [-0.4, -0.2) is 32.8 Å². The van der Waals surface area contributed by atoms with E-state index in [0.717, 1.165) is 32.0 Å². The number of hydrogen-bond donors (Lipinski definition) is 1. The van der Waals surface area contributed by atoms with Gasteiger partial charge in [-0.1, -0.05) is 39.3 Å². The van der Waals surface area contributed by atoms with Gasteiger partial charge in [0.15, 0.2) is 0 Å². The molecule has 0 amide bonds. The average Bonchev–Trinajstić information content (AvgIpc) is 2.64. The molecule has 3 heteroatoms. The maximum absolute atomic E-state index is 6.16. The van der Waals surface area contributed by atoms with Crippen LogP contribution in [0.5, 0.6) is 0 Å². The summed E-state index contributed by atoms with van der Waals surface area (Å²) in [6.07, 6.45) is 7.46. The molecule has 0 spiro atoms. The van der Waals surface area contributed by atoms with Crippen molar-refractivity contribution in [3.63, 3.8) is 0 Å². The van der Waals surface area contributed by atoms with Gasteiger partial charge in [-0.25, -0.2) is 0 Å². The Labute approximate surface area is 167 Å². The summed E-state index contributed by atoms with van der Waals surface area (Å²) in [6, 6.07) is 8.87. The quantitative estimate of drug-likeness (QED) is 0.537. The molecule has 1 aliphatic heterocycles. The first kappa shape index (κ1) is 22.2. The predicted molar refractivity (Wildman–Crippen MR) is 117 cm³/mol. The molecular weight excluding hydrogens is 332 g/mol. The molecule has 1 aliphatic rings. The van der Waals surface area contributed by atoms with E-state index in [-0.39, 0.29) is 5.60 Å². The fourth-order valence-electron chi connectivity index (χ4n) is 4.32. The normalized spacial score (nSPS) is 25.7. The zero-order valence-electron chi connectivity index (χ0n) is 18.6. The topological polar surface area (TPSA) is 24.5 Å². The van der Waals surface area contributed by atoms with Crippen LogP contribution in [0.2, 0.25) is 0 Å². The van der Waals surface area contributed by atoms with E-state index >= 15 is 0 Å². The lowest BCUT2D eigenvalue weighted by Crippen LogP contribution is -2.44. The Bertz CT molecular complexity index is 554. The molecule has 0 bridgehead atoms. The number of ether oxygens (including phenoxy) is 1. The predicted octanol–water partition coefficient (Wildman–Crippen LogP) is 5.63. The third-order valence-corrected chi connectivity index (χ3v) is 6.45. The van der Waals surface area contributed by atoms with E-state index in [1.165, 1.54) is 43.4 Å². The minimum Gasteiger partial charge on any atom is -0.378 e. The molecule has 1 heterocycles. The second-order valence-electron chi connectivity index (χ2n) is 9.50. The van der Waals surface area contributed by atoms with Gasteiger partial charge in [0.2, 0.25) is 0 Å². The number of benzene rings is 1. The fourth-order valence-corrected chi connectivity index (χ4v) is 4.32. The molecule has 1 aromatic rings. The molecule has 154 valence electrons. The highest BCUT2D eigenvalue weighted by Gasteiger charge is 2.41. The van der Waals surface area contributed by atoms with E-state index in [0.29, 0.717) is 5.41 Å². The van der Waals surface area contributed by atoms with Crippen molar-refractivity contribution in [1.29, 1.82) is 0 Å². The van der Waals surface area contributed by atoms with Gasteiger partial charge in [-0.05, 0) is 74.6 Å². The van der Waals surface area contributed by atoms with Crippen LogP contribution in [0.25, 0.3) is 0 Å². The van der Waals surface area contributed by atoms with Crippen LogP contribution < -0.4 is 10.2 Å². The minimum absolute atomic E-state index is 0.0667. The monoisotopic (exact) mass is 374 g/mol. The van der Waals surface area contributed by atoms with Crippen molar-refractivity contribution in [3.05, 3.63) is 29.8 Å². The molecule has 2 rings (SSSR count). The first-order valence-corrected chi connectivity index (χ1v) is 10.9. The molecule has 2 atom stereocenters. The van der Waals surface area contributed by atoms with Gasteiger partial charge in [-0.2, -0.15) is 0 Å². The van der Waals surface area contributed by atoms with E-state index in [2.05, 4.69) is 76.3 Å². The van der Waals surface area contributed by atoms with Gasteiger partial charge in [0.25, 0.3) is 0 Å². The zero-order chi connectivity index (χ0) is 19.9. The van der Waals surface area contributed by atoms with Crippen LogP contribution >= 0.6 is 0 Å².